The van der Waals surface area contributed by atoms with Crippen LogP contribution in [0.3, 0.4) is 0 Å². The number of nitrogens with one attached hydrogen (secondary N) is 2. The third-order valence-corrected chi connectivity index (χ3v) is 2.62. The molecule has 0 spiro atoms. The van der Waals surface area contributed by atoms with E-state index in [-0.39, 0.29) is 23.3 Å². The minimum absolute atomic E-state index is 0.00213. The van der Waals surface area contributed by atoms with Crippen LogP contribution in [0, 0.1) is 0 Å². The second-order valence-corrected chi connectivity index (χ2v) is 4.77. The number of anilines is 1. The highest BCUT2D eigenvalue weighted by atomic mass is 35.5. The van der Waals surface area contributed by atoms with E-state index in [0.717, 1.165) is 6.42 Å². The van der Waals surface area contributed by atoms with Crippen LogP contribution in [0.1, 0.15) is 44.9 Å². The molecule has 2 atom stereocenters. The summed E-state index contributed by atoms with van der Waals surface area (Å²) in [5.41, 5.74) is 0. The Morgan fingerprint density at radius 1 is 1.44 bits per heavy atom. The normalized spacial score (nSPS) is 14.0. The number of alkyl halides is 1. The number of hydrogen-bond acceptors (Lipinski definition) is 5. The number of carbonyl (C=O) groups is 1. The van der Waals surface area contributed by atoms with Gasteiger partial charge >= 0.3 is 6.01 Å². The molecule has 6 nitrogen and oxygen atoms in total. The number of hydrogen-bond donors (Lipinski definition) is 2. The van der Waals surface area contributed by atoms with Gasteiger partial charge in [0.1, 0.15) is 5.38 Å². The van der Waals surface area contributed by atoms with E-state index in [9.17, 15) is 4.79 Å². The molecule has 1 amide bonds. The summed E-state index contributed by atoms with van der Waals surface area (Å²) in [6.45, 7) is 6.19. The standard InChI is InChI=1S/C11H19ClN4O2/c1-4-7(2)14-9(17)5-6-13-11-16-15-10(18-11)8(3)12/h7-8H,4-6H2,1-3H3,(H,13,16)(H,14,17). The maximum absolute atomic E-state index is 11.5. The molecular formula is C11H19ClN4O2. The molecule has 1 aromatic heterocycles. The fraction of sp³-hybridized carbons (Fsp3) is 0.727. The lowest BCUT2D eigenvalue weighted by Crippen LogP contribution is -2.32. The van der Waals surface area contributed by atoms with Gasteiger partial charge in [-0.25, -0.2) is 0 Å². The molecular weight excluding hydrogens is 256 g/mol. The third-order valence-electron chi connectivity index (χ3n) is 2.43. The number of amides is 1. The molecule has 2 N–H and O–H groups in total. The minimum Gasteiger partial charge on any atom is -0.407 e. The largest absolute Gasteiger partial charge is 0.407 e. The van der Waals surface area contributed by atoms with Crippen LogP contribution in [0.25, 0.3) is 0 Å². The molecule has 7 heteroatoms. The van der Waals surface area contributed by atoms with Crippen molar-refractivity contribution in [1.29, 1.82) is 0 Å². The monoisotopic (exact) mass is 274 g/mol. The Morgan fingerprint density at radius 2 is 2.17 bits per heavy atom. The Hall–Kier alpha value is -1.30. The number of rotatable bonds is 7. The summed E-state index contributed by atoms with van der Waals surface area (Å²) >= 11 is 5.79. The maximum Gasteiger partial charge on any atom is 0.315 e. The van der Waals surface area contributed by atoms with Crippen LogP contribution in [0.4, 0.5) is 6.01 Å². The van der Waals surface area contributed by atoms with Crippen LogP contribution in [-0.2, 0) is 4.79 Å². The van der Waals surface area contributed by atoms with Crippen LogP contribution >= 0.6 is 11.6 Å². The first kappa shape index (κ1) is 14.8. The lowest BCUT2D eigenvalue weighted by Gasteiger charge is -2.10. The zero-order valence-corrected chi connectivity index (χ0v) is 11.6. The molecule has 18 heavy (non-hydrogen) atoms. The smallest absolute Gasteiger partial charge is 0.315 e. The first-order valence-corrected chi connectivity index (χ1v) is 6.47. The first-order valence-electron chi connectivity index (χ1n) is 6.03. The highest BCUT2D eigenvalue weighted by Gasteiger charge is 2.11. The predicted molar refractivity (Wildman–Crippen MR) is 69.6 cm³/mol. The molecule has 0 aliphatic rings. The Balaban J connectivity index is 2.26. The van der Waals surface area contributed by atoms with Crippen molar-refractivity contribution in [3.63, 3.8) is 0 Å². The van der Waals surface area contributed by atoms with Crippen molar-refractivity contribution in [1.82, 2.24) is 15.5 Å². The van der Waals surface area contributed by atoms with Gasteiger partial charge in [-0.2, -0.15) is 0 Å². The van der Waals surface area contributed by atoms with Gasteiger partial charge in [0.15, 0.2) is 0 Å². The molecule has 0 aliphatic carbocycles. The lowest BCUT2D eigenvalue weighted by molar-refractivity contribution is -0.121. The Kier molecular flexibility index (Phi) is 5.91. The minimum atomic E-state index is -0.318. The Morgan fingerprint density at radius 3 is 2.72 bits per heavy atom. The molecule has 1 aromatic rings. The quantitative estimate of drug-likeness (QED) is 0.744. The molecule has 1 heterocycles. The summed E-state index contributed by atoms with van der Waals surface area (Å²) in [7, 11) is 0. The highest BCUT2D eigenvalue weighted by molar-refractivity contribution is 6.20. The summed E-state index contributed by atoms with van der Waals surface area (Å²) in [5, 5.41) is 13.0. The summed E-state index contributed by atoms with van der Waals surface area (Å²) in [6, 6.07) is 0.485. The van der Waals surface area contributed by atoms with Crippen molar-refractivity contribution in [3.8, 4) is 0 Å². The molecule has 0 aliphatic heterocycles. The van der Waals surface area contributed by atoms with E-state index in [1.54, 1.807) is 6.92 Å². The zero-order chi connectivity index (χ0) is 13.5. The van der Waals surface area contributed by atoms with E-state index in [1.165, 1.54) is 0 Å². The van der Waals surface area contributed by atoms with Gasteiger partial charge in [-0.15, -0.1) is 16.7 Å². The SMILES string of the molecule is CCC(C)NC(=O)CCNc1nnc(C(C)Cl)o1. The number of nitrogens with zero attached hydrogens (tertiary/aromatic N) is 2. The van der Waals surface area contributed by atoms with Crippen molar-refractivity contribution in [3.05, 3.63) is 5.89 Å². The molecule has 0 fully saturated rings. The van der Waals surface area contributed by atoms with Gasteiger partial charge in [0, 0.05) is 19.0 Å². The van der Waals surface area contributed by atoms with Gasteiger partial charge in [-0.05, 0) is 20.3 Å². The number of carbonyl (C=O) groups excluding carboxylic acids is 1. The van der Waals surface area contributed by atoms with E-state index in [1.807, 2.05) is 13.8 Å². The van der Waals surface area contributed by atoms with Crippen LogP contribution in [0.15, 0.2) is 4.42 Å². The maximum atomic E-state index is 11.5. The number of aromatic nitrogens is 2. The van der Waals surface area contributed by atoms with Gasteiger partial charge in [-0.1, -0.05) is 12.0 Å². The molecule has 1 rings (SSSR count). The lowest BCUT2D eigenvalue weighted by atomic mass is 10.2. The molecule has 0 aromatic carbocycles. The summed E-state index contributed by atoms with van der Waals surface area (Å²) in [5.74, 6) is 0.366. The topological polar surface area (TPSA) is 80.0 Å². The van der Waals surface area contributed by atoms with Crippen molar-refractivity contribution < 1.29 is 9.21 Å². The second kappa shape index (κ2) is 7.20. The van der Waals surface area contributed by atoms with Gasteiger partial charge < -0.3 is 15.1 Å². The first-order chi connectivity index (χ1) is 8.52. The van der Waals surface area contributed by atoms with Crippen LogP contribution in [-0.4, -0.2) is 28.7 Å². The van der Waals surface area contributed by atoms with Crippen molar-refractivity contribution in [2.45, 2.75) is 45.0 Å². The third kappa shape index (κ3) is 4.91. The van der Waals surface area contributed by atoms with Crippen molar-refractivity contribution in [2.24, 2.45) is 0 Å². The van der Waals surface area contributed by atoms with E-state index in [2.05, 4.69) is 20.8 Å². The van der Waals surface area contributed by atoms with Crippen LogP contribution in [0.5, 0.6) is 0 Å². The fourth-order valence-corrected chi connectivity index (χ4v) is 1.29. The Labute approximate surface area is 111 Å². The van der Waals surface area contributed by atoms with Gasteiger partial charge in [0.05, 0.1) is 0 Å². The predicted octanol–water partition coefficient (Wildman–Crippen LogP) is 2.09. The average Bonchev–Trinajstić information content (AvgIpc) is 2.77. The molecule has 0 bridgehead atoms. The molecule has 2 unspecified atom stereocenters. The number of halogens is 1. The van der Waals surface area contributed by atoms with Crippen molar-refractivity contribution in [2.75, 3.05) is 11.9 Å². The van der Waals surface area contributed by atoms with Gasteiger partial charge in [0.2, 0.25) is 11.8 Å². The second-order valence-electron chi connectivity index (χ2n) is 4.12. The van der Waals surface area contributed by atoms with Crippen LogP contribution in [0.2, 0.25) is 0 Å². The van der Waals surface area contributed by atoms with E-state index in [0.29, 0.717) is 18.9 Å². The fourth-order valence-electron chi connectivity index (χ4n) is 1.20. The van der Waals surface area contributed by atoms with Gasteiger partial charge in [-0.3, -0.25) is 4.79 Å². The Bertz CT molecular complexity index is 381. The summed E-state index contributed by atoms with van der Waals surface area (Å²) in [4.78, 5) is 11.5. The molecule has 102 valence electrons. The van der Waals surface area contributed by atoms with E-state index < -0.39 is 0 Å². The van der Waals surface area contributed by atoms with E-state index >= 15 is 0 Å². The molecule has 0 radical (unpaired) electrons. The molecule has 0 saturated carbocycles. The van der Waals surface area contributed by atoms with Crippen LogP contribution < -0.4 is 10.6 Å². The highest BCUT2D eigenvalue weighted by Crippen LogP contribution is 2.18. The average molecular weight is 275 g/mol. The zero-order valence-electron chi connectivity index (χ0n) is 10.9. The summed E-state index contributed by atoms with van der Waals surface area (Å²) in [6.07, 6.45) is 1.28. The molecule has 0 saturated heterocycles. The van der Waals surface area contributed by atoms with Crippen molar-refractivity contribution >= 4 is 23.5 Å². The summed E-state index contributed by atoms with van der Waals surface area (Å²) < 4.78 is 5.23. The van der Waals surface area contributed by atoms with E-state index in [4.69, 9.17) is 16.0 Å². The van der Waals surface area contributed by atoms with Gasteiger partial charge in [0.25, 0.3) is 0 Å².